The maximum atomic E-state index is 11.7. The predicted octanol–water partition coefficient (Wildman–Crippen LogP) is 0.361. The summed E-state index contributed by atoms with van der Waals surface area (Å²) in [6.07, 6.45) is 1.47. The number of morpholine rings is 1. The normalized spacial score (nSPS) is 24.8. The molecule has 0 aromatic carbocycles. The lowest BCUT2D eigenvalue weighted by Crippen LogP contribution is -2.46. The molecular formula is C10H20N2O2. The third kappa shape index (κ3) is 3.27. The number of hydrogen-bond donors (Lipinski definition) is 1. The van der Waals surface area contributed by atoms with Crippen molar-refractivity contribution in [1.29, 1.82) is 0 Å². The van der Waals surface area contributed by atoms with E-state index in [1.54, 1.807) is 0 Å². The van der Waals surface area contributed by atoms with Crippen molar-refractivity contribution in [3.8, 4) is 0 Å². The third-order valence-electron chi connectivity index (χ3n) is 2.55. The minimum atomic E-state index is 0.000603. The van der Waals surface area contributed by atoms with Crippen LogP contribution in [0, 0.1) is 0 Å². The molecule has 2 unspecified atom stereocenters. The van der Waals surface area contributed by atoms with Crippen molar-refractivity contribution in [2.45, 2.75) is 38.8 Å². The van der Waals surface area contributed by atoms with Gasteiger partial charge in [0, 0.05) is 25.6 Å². The van der Waals surface area contributed by atoms with Crippen molar-refractivity contribution in [3.63, 3.8) is 0 Å². The van der Waals surface area contributed by atoms with E-state index in [4.69, 9.17) is 10.5 Å². The zero-order valence-corrected chi connectivity index (χ0v) is 9.03. The summed E-state index contributed by atoms with van der Waals surface area (Å²) in [5.74, 6) is 0.162. The molecule has 0 aliphatic carbocycles. The van der Waals surface area contributed by atoms with Crippen LogP contribution >= 0.6 is 0 Å². The van der Waals surface area contributed by atoms with Crippen LogP contribution in [0.15, 0.2) is 0 Å². The number of carbonyl (C=O) groups excluding carboxylic acids is 1. The van der Waals surface area contributed by atoms with Gasteiger partial charge in [-0.25, -0.2) is 0 Å². The maximum absolute atomic E-state index is 11.7. The standard InChI is InChI=1S/C10H20N2O2/c1-3-9(11)6-10(13)12-4-5-14-8(2)7-12/h8-9H,3-7,11H2,1-2H3. The Morgan fingerprint density at radius 3 is 3.00 bits per heavy atom. The van der Waals surface area contributed by atoms with Crippen molar-refractivity contribution in [2.75, 3.05) is 19.7 Å². The molecule has 1 aliphatic rings. The largest absolute Gasteiger partial charge is 0.375 e. The zero-order valence-electron chi connectivity index (χ0n) is 9.03. The molecule has 4 nitrogen and oxygen atoms in total. The first-order valence-corrected chi connectivity index (χ1v) is 5.28. The minimum absolute atomic E-state index is 0.000603. The molecular weight excluding hydrogens is 180 g/mol. The van der Waals surface area contributed by atoms with Crippen molar-refractivity contribution in [2.24, 2.45) is 5.73 Å². The highest BCUT2D eigenvalue weighted by molar-refractivity contribution is 5.76. The average molecular weight is 200 g/mol. The Bertz CT molecular complexity index is 197. The van der Waals surface area contributed by atoms with E-state index >= 15 is 0 Å². The summed E-state index contributed by atoms with van der Waals surface area (Å²) in [4.78, 5) is 13.6. The molecule has 0 aromatic heterocycles. The van der Waals surface area contributed by atoms with Gasteiger partial charge in [0.1, 0.15) is 0 Å². The summed E-state index contributed by atoms with van der Waals surface area (Å²) in [6, 6.07) is 0.000603. The van der Waals surface area contributed by atoms with Gasteiger partial charge in [0.15, 0.2) is 0 Å². The van der Waals surface area contributed by atoms with E-state index in [0.29, 0.717) is 26.1 Å². The fourth-order valence-corrected chi connectivity index (χ4v) is 1.54. The summed E-state index contributed by atoms with van der Waals surface area (Å²) >= 11 is 0. The molecule has 1 saturated heterocycles. The monoisotopic (exact) mass is 200 g/mol. The summed E-state index contributed by atoms with van der Waals surface area (Å²) in [5, 5.41) is 0. The molecule has 1 amide bonds. The lowest BCUT2D eigenvalue weighted by molar-refractivity contribution is -0.138. The van der Waals surface area contributed by atoms with Crippen molar-refractivity contribution in [3.05, 3.63) is 0 Å². The highest BCUT2D eigenvalue weighted by atomic mass is 16.5. The Hall–Kier alpha value is -0.610. The van der Waals surface area contributed by atoms with Crippen LogP contribution in [0.25, 0.3) is 0 Å². The number of hydrogen-bond acceptors (Lipinski definition) is 3. The van der Waals surface area contributed by atoms with E-state index < -0.39 is 0 Å². The van der Waals surface area contributed by atoms with Crippen LogP contribution in [0.4, 0.5) is 0 Å². The second-order valence-corrected chi connectivity index (χ2v) is 3.89. The first-order chi connectivity index (χ1) is 6.63. The lowest BCUT2D eigenvalue weighted by atomic mass is 10.1. The van der Waals surface area contributed by atoms with E-state index in [1.807, 2.05) is 18.7 Å². The van der Waals surface area contributed by atoms with Crippen LogP contribution < -0.4 is 5.73 Å². The van der Waals surface area contributed by atoms with Crippen molar-refractivity contribution < 1.29 is 9.53 Å². The molecule has 1 aliphatic heterocycles. The molecule has 14 heavy (non-hydrogen) atoms. The van der Waals surface area contributed by atoms with Gasteiger partial charge in [-0.2, -0.15) is 0 Å². The molecule has 0 spiro atoms. The van der Waals surface area contributed by atoms with Gasteiger partial charge in [0.2, 0.25) is 5.91 Å². The van der Waals surface area contributed by atoms with Gasteiger partial charge in [0.25, 0.3) is 0 Å². The van der Waals surface area contributed by atoms with Crippen LogP contribution in [-0.2, 0) is 9.53 Å². The second kappa shape index (κ2) is 5.32. The van der Waals surface area contributed by atoms with Gasteiger partial charge in [-0.3, -0.25) is 4.79 Å². The van der Waals surface area contributed by atoms with Gasteiger partial charge in [0.05, 0.1) is 12.7 Å². The molecule has 1 heterocycles. The van der Waals surface area contributed by atoms with E-state index in [2.05, 4.69) is 0 Å². The number of nitrogens with two attached hydrogens (primary N) is 1. The number of rotatable bonds is 3. The van der Waals surface area contributed by atoms with E-state index in [9.17, 15) is 4.79 Å². The smallest absolute Gasteiger partial charge is 0.224 e. The molecule has 4 heteroatoms. The maximum Gasteiger partial charge on any atom is 0.224 e. The fourth-order valence-electron chi connectivity index (χ4n) is 1.54. The minimum Gasteiger partial charge on any atom is -0.375 e. The summed E-state index contributed by atoms with van der Waals surface area (Å²) in [7, 11) is 0. The zero-order chi connectivity index (χ0) is 10.6. The van der Waals surface area contributed by atoms with Crippen LogP contribution in [0.5, 0.6) is 0 Å². The van der Waals surface area contributed by atoms with E-state index in [0.717, 1.165) is 6.42 Å². The highest BCUT2D eigenvalue weighted by Crippen LogP contribution is 2.07. The molecule has 0 saturated carbocycles. The Morgan fingerprint density at radius 1 is 1.71 bits per heavy atom. The van der Waals surface area contributed by atoms with Crippen molar-refractivity contribution >= 4 is 5.91 Å². The Balaban J connectivity index is 2.36. The second-order valence-electron chi connectivity index (χ2n) is 3.89. The molecule has 0 aromatic rings. The molecule has 1 rings (SSSR count). The van der Waals surface area contributed by atoms with Gasteiger partial charge >= 0.3 is 0 Å². The predicted molar refractivity (Wildman–Crippen MR) is 54.9 cm³/mol. The van der Waals surface area contributed by atoms with Gasteiger partial charge in [-0.05, 0) is 13.3 Å². The Labute approximate surface area is 85.4 Å². The van der Waals surface area contributed by atoms with Crippen LogP contribution in [0.1, 0.15) is 26.7 Å². The van der Waals surface area contributed by atoms with Gasteiger partial charge in [-0.1, -0.05) is 6.92 Å². The quantitative estimate of drug-likeness (QED) is 0.715. The molecule has 0 radical (unpaired) electrons. The van der Waals surface area contributed by atoms with Crippen LogP contribution in [-0.4, -0.2) is 42.6 Å². The van der Waals surface area contributed by atoms with Crippen molar-refractivity contribution in [1.82, 2.24) is 4.90 Å². The highest BCUT2D eigenvalue weighted by Gasteiger charge is 2.22. The first-order valence-electron chi connectivity index (χ1n) is 5.28. The lowest BCUT2D eigenvalue weighted by Gasteiger charge is -2.31. The van der Waals surface area contributed by atoms with Gasteiger partial charge in [-0.15, -0.1) is 0 Å². The Morgan fingerprint density at radius 2 is 2.43 bits per heavy atom. The molecule has 2 N–H and O–H groups in total. The molecule has 82 valence electrons. The topological polar surface area (TPSA) is 55.6 Å². The fraction of sp³-hybridized carbons (Fsp3) is 0.900. The summed E-state index contributed by atoms with van der Waals surface area (Å²) in [5.41, 5.74) is 5.74. The molecule has 2 atom stereocenters. The van der Waals surface area contributed by atoms with Crippen LogP contribution in [0.3, 0.4) is 0 Å². The summed E-state index contributed by atoms with van der Waals surface area (Å²) in [6.45, 7) is 6.04. The number of ether oxygens (including phenoxy) is 1. The number of carbonyl (C=O) groups is 1. The van der Waals surface area contributed by atoms with E-state index in [1.165, 1.54) is 0 Å². The van der Waals surface area contributed by atoms with Crippen LogP contribution in [0.2, 0.25) is 0 Å². The molecule has 0 bridgehead atoms. The first kappa shape index (κ1) is 11.5. The molecule has 1 fully saturated rings. The Kier molecular flexibility index (Phi) is 4.35. The third-order valence-corrected chi connectivity index (χ3v) is 2.55. The van der Waals surface area contributed by atoms with Gasteiger partial charge < -0.3 is 15.4 Å². The van der Waals surface area contributed by atoms with E-state index in [-0.39, 0.29) is 18.1 Å². The summed E-state index contributed by atoms with van der Waals surface area (Å²) < 4.78 is 5.36. The average Bonchev–Trinajstić information content (AvgIpc) is 2.17. The SMILES string of the molecule is CCC(N)CC(=O)N1CCOC(C)C1. The number of amides is 1. The number of nitrogens with zero attached hydrogens (tertiary/aromatic N) is 1.